The molecule has 0 bridgehead atoms. The van der Waals surface area contributed by atoms with Crippen LogP contribution in [0.5, 0.6) is 0 Å². The van der Waals surface area contributed by atoms with Crippen LogP contribution < -0.4 is 0 Å². The summed E-state index contributed by atoms with van der Waals surface area (Å²) in [7, 11) is -2.93. The maximum absolute atomic E-state index is 11.4. The van der Waals surface area contributed by atoms with Crippen molar-refractivity contribution in [2.45, 2.75) is 50.4 Å². The molecular formula is C10H20O3S. The second kappa shape index (κ2) is 3.81. The summed E-state index contributed by atoms with van der Waals surface area (Å²) in [6.07, 6.45) is 4.51. The van der Waals surface area contributed by atoms with Crippen LogP contribution in [0.1, 0.15) is 39.5 Å². The quantitative estimate of drug-likeness (QED) is 0.764. The summed E-state index contributed by atoms with van der Waals surface area (Å²) in [5.41, 5.74) is -0.747. The number of sulfone groups is 1. The zero-order valence-corrected chi connectivity index (χ0v) is 9.97. The summed E-state index contributed by atoms with van der Waals surface area (Å²) in [6, 6.07) is 0. The van der Waals surface area contributed by atoms with Gasteiger partial charge in [-0.2, -0.15) is 0 Å². The van der Waals surface area contributed by atoms with Crippen LogP contribution in [0.3, 0.4) is 0 Å². The van der Waals surface area contributed by atoms with Crippen molar-refractivity contribution < 1.29 is 13.5 Å². The lowest BCUT2D eigenvalue weighted by atomic mass is 9.79. The number of rotatable bonds is 2. The third-order valence-corrected chi connectivity index (χ3v) is 4.87. The largest absolute Gasteiger partial charge is 0.390 e. The third kappa shape index (κ3) is 2.95. The average Bonchev–Trinajstić information content (AvgIpc) is 2.01. The Labute approximate surface area is 86.4 Å². The van der Waals surface area contributed by atoms with E-state index in [1.165, 1.54) is 6.26 Å². The summed E-state index contributed by atoms with van der Waals surface area (Å²) >= 11 is 0. The van der Waals surface area contributed by atoms with Gasteiger partial charge in [0.1, 0.15) is 9.84 Å². The highest BCUT2D eigenvalue weighted by molar-refractivity contribution is 7.91. The molecule has 3 nitrogen and oxygen atoms in total. The van der Waals surface area contributed by atoms with Gasteiger partial charge in [0.25, 0.3) is 0 Å². The lowest BCUT2D eigenvalue weighted by molar-refractivity contribution is 0.00153. The molecule has 1 fully saturated rings. The van der Waals surface area contributed by atoms with Gasteiger partial charge >= 0.3 is 0 Å². The molecule has 0 heterocycles. The smallest absolute Gasteiger partial charge is 0.150 e. The molecule has 0 aromatic rings. The maximum atomic E-state index is 11.4. The van der Waals surface area contributed by atoms with Gasteiger partial charge < -0.3 is 5.11 Å². The summed E-state index contributed by atoms with van der Waals surface area (Å²) in [6.45, 7) is 3.53. The first-order valence-electron chi connectivity index (χ1n) is 5.12. The first kappa shape index (κ1) is 12.0. The van der Waals surface area contributed by atoms with Crippen molar-refractivity contribution in [1.82, 2.24) is 0 Å². The highest BCUT2D eigenvalue weighted by atomic mass is 32.2. The minimum Gasteiger partial charge on any atom is -0.390 e. The van der Waals surface area contributed by atoms with E-state index in [1.807, 2.05) is 0 Å². The Kier molecular flexibility index (Phi) is 3.26. The van der Waals surface area contributed by atoms with Gasteiger partial charge in [-0.05, 0) is 39.0 Å². The second-order valence-electron chi connectivity index (χ2n) is 4.97. The van der Waals surface area contributed by atoms with Crippen LogP contribution in [0.25, 0.3) is 0 Å². The predicted molar refractivity (Wildman–Crippen MR) is 56.9 cm³/mol. The molecule has 0 saturated heterocycles. The third-order valence-electron chi connectivity index (χ3n) is 3.23. The first-order chi connectivity index (χ1) is 6.21. The van der Waals surface area contributed by atoms with Gasteiger partial charge in [-0.15, -0.1) is 0 Å². The van der Waals surface area contributed by atoms with Crippen LogP contribution in [0, 0.1) is 5.92 Å². The fourth-order valence-corrected chi connectivity index (χ4v) is 3.35. The van der Waals surface area contributed by atoms with Crippen molar-refractivity contribution in [3.63, 3.8) is 0 Å². The minimum atomic E-state index is -2.93. The number of hydrogen-bond acceptors (Lipinski definition) is 3. The molecule has 0 aromatic heterocycles. The molecule has 1 aliphatic carbocycles. The SMILES string of the molecule is CC(C)(O)C1CCCC(S(C)(=O)=O)C1. The van der Waals surface area contributed by atoms with E-state index in [0.29, 0.717) is 6.42 Å². The second-order valence-corrected chi connectivity index (χ2v) is 7.29. The normalized spacial score (nSPS) is 30.3. The monoisotopic (exact) mass is 220 g/mol. The Morgan fingerprint density at radius 2 is 1.86 bits per heavy atom. The Morgan fingerprint density at radius 3 is 2.29 bits per heavy atom. The van der Waals surface area contributed by atoms with Gasteiger partial charge in [-0.1, -0.05) is 6.42 Å². The summed E-state index contributed by atoms with van der Waals surface area (Å²) in [4.78, 5) is 0. The molecule has 0 aromatic carbocycles. The average molecular weight is 220 g/mol. The molecule has 0 amide bonds. The van der Waals surface area contributed by atoms with E-state index < -0.39 is 15.4 Å². The Balaban J connectivity index is 2.71. The van der Waals surface area contributed by atoms with E-state index in [2.05, 4.69) is 0 Å². The molecule has 1 N–H and O–H groups in total. The molecule has 1 aliphatic rings. The molecular weight excluding hydrogens is 200 g/mol. The maximum Gasteiger partial charge on any atom is 0.150 e. The first-order valence-corrected chi connectivity index (χ1v) is 7.08. The fraction of sp³-hybridized carbons (Fsp3) is 1.00. The van der Waals surface area contributed by atoms with E-state index in [4.69, 9.17) is 0 Å². The number of hydrogen-bond donors (Lipinski definition) is 1. The van der Waals surface area contributed by atoms with Crippen LogP contribution >= 0.6 is 0 Å². The molecule has 4 heteroatoms. The lowest BCUT2D eigenvalue weighted by Gasteiger charge is -2.35. The highest BCUT2D eigenvalue weighted by Crippen LogP contribution is 2.34. The van der Waals surface area contributed by atoms with Crippen LogP contribution in [0.15, 0.2) is 0 Å². The molecule has 1 saturated carbocycles. The summed E-state index contributed by atoms with van der Waals surface area (Å²) < 4.78 is 22.8. The Bertz CT molecular complexity index is 287. The molecule has 1 rings (SSSR count). The van der Waals surface area contributed by atoms with Crippen LogP contribution in [-0.2, 0) is 9.84 Å². The van der Waals surface area contributed by atoms with Crippen LogP contribution in [0.2, 0.25) is 0 Å². The molecule has 2 unspecified atom stereocenters. The summed E-state index contributed by atoms with van der Waals surface area (Å²) in [5.74, 6) is 0.121. The van der Waals surface area contributed by atoms with Gasteiger partial charge in [-0.3, -0.25) is 0 Å². The highest BCUT2D eigenvalue weighted by Gasteiger charge is 2.35. The van der Waals surface area contributed by atoms with Crippen molar-refractivity contribution in [3.05, 3.63) is 0 Å². The van der Waals surface area contributed by atoms with Crippen molar-refractivity contribution in [2.24, 2.45) is 5.92 Å². The van der Waals surface area contributed by atoms with E-state index >= 15 is 0 Å². The topological polar surface area (TPSA) is 54.4 Å². The molecule has 0 aliphatic heterocycles. The zero-order chi connectivity index (χ0) is 11.0. The van der Waals surface area contributed by atoms with E-state index in [0.717, 1.165) is 19.3 Å². The van der Waals surface area contributed by atoms with Crippen molar-refractivity contribution >= 4 is 9.84 Å². The molecule has 0 spiro atoms. The number of aliphatic hydroxyl groups is 1. The molecule has 0 radical (unpaired) electrons. The molecule has 14 heavy (non-hydrogen) atoms. The standard InChI is InChI=1S/C10H20O3S/c1-10(2,11)8-5-4-6-9(7-8)14(3,12)13/h8-9,11H,4-7H2,1-3H3. The van der Waals surface area contributed by atoms with Gasteiger partial charge in [0.2, 0.25) is 0 Å². The van der Waals surface area contributed by atoms with Crippen molar-refractivity contribution in [1.29, 1.82) is 0 Å². The van der Waals surface area contributed by atoms with Crippen molar-refractivity contribution in [2.75, 3.05) is 6.26 Å². The van der Waals surface area contributed by atoms with Crippen LogP contribution in [-0.4, -0.2) is 30.6 Å². The Hall–Kier alpha value is -0.0900. The lowest BCUT2D eigenvalue weighted by Crippen LogP contribution is -2.38. The van der Waals surface area contributed by atoms with Crippen LogP contribution in [0.4, 0.5) is 0 Å². The van der Waals surface area contributed by atoms with Crippen molar-refractivity contribution in [3.8, 4) is 0 Å². The van der Waals surface area contributed by atoms with E-state index in [1.54, 1.807) is 13.8 Å². The van der Waals surface area contributed by atoms with Gasteiger partial charge in [0.05, 0.1) is 10.9 Å². The zero-order valence-electron chi connectivity index (χ0n) is 9.16. The molecule has 2 atom stereocenters. The summed E-state index contributed by atoms with van der Waals surface area (Å²) in [5, 5.41) is 9.59. The van der Waals surface area contributed by atoms with Gasteiger partial charge in [0, 0.05) is 6.26 Å². The fourth-order valence-electron chi connectivity index (χ4n) is 2.18. The van der Waals surface area contributed by atoms with E-state index in [9.17, 15) is 13.5 Å². The minimum absolute atomic E-state index is 0.121. The molecule has 84 valence electrons. The van der Waals surface area contributed by atoms with Gasteiger partial charge in [0.15, 0.2) is 0 Å². The Morgan fingerprint density at radius 1 is 1.29 bits per heavy atom. The van der Waals surface area contributed by atoms with Gasteiger partial charge in [-0.25, -0.2) is 8.42 Å². The van der Waals surface area contributed by atoms with E-state index in [-0.39, 0.29) is 11.2 Å². The predicted octanol–water partition coefficient (Wildman–Crippen LogP) is 1.36.